The van der Waals surface area contributed by atoms with E-state index in [0.717, 1.165) is 33.3 Å². The summed E-state index contributed by atoms with van der Waals surface area (Å²) in [6, 6.07) is 27.3. The van der Waals surface area contributed by atoms with E-state index in [9.17, 15) is 0 Å². The van der Waals surface area contributed by atoms with Crippen molar-refractivity contribution in [3.05, 3.63) is 97.5 Å². The molecule has 4 nitrogen and oxygen atoms in total. The van der Waals surface area contributed by atoms with E-state index in [4.69, 9.17) is 0 Å². The van der Waals surface area contributed by atoms with Crippen LogP contribution >= 0.6 is 0 Å². The Hall–Kier alpha value is -4.18. The molecule has 0 saturated carbocycles. The van der Waals surface area contributed by atoms with Gasteiger partial charge in [-0.15, -0.1) is 0 Å². The molecule has 6 rings (SSSR count). The molecule has 3 aromatic carbocycles. The molecule has 3 heterocycles. The molecular formula is C26H18N4. The number of H-pyrrole nitrogens is 1. The third-order valence-corrected chi connectivity index (χ3v) is 5.54. The Morgan fingerprint density at radius 1 is 0.700 bits per heavy atom. The minimum Gasteiger partial charge on any atom is -0.361 e. The molecule has 6 aromatic rings. The molecule has 0 fully saturated rings. The number of anilines is 2. The Morgan fingerprint density at radius 3 is 2.70 bits per heavy atom. The summed E-state index contributed by atoms with van der Waals surface area (Å²) in [6.07, 6.45) is 5.65. The fourth-order valence-electron chi connectivity index (χ4n) is 4.07. The fourth-order valence-corrected chi connectivity index (χ4v) is 4.07. The number of fused-ring (bicyclic) bond motifs is 3. The average molecular weight is 386 g/mol. The molecule has 0 aliphatic carbocycles. The van der Waals surface area contributed by atoms with Gasteiger partial charge in [-0.2, -0.15) is 0 Å². The molecule has 0 radical (unpaired) electrons. The molecule has 0 unspecified atom stereocenters. The van der Waals surface area contributed by atoms with E-state index >= 15 is 0 Å². The lowest BCUT2D eigenvalue weighted by Crippen LogP contribution is -1.95. The average Bonchev–Trinajstić information content (AvgIpc) is 3.27. The van der Waals surface area contributed by atoms with Crippen LogP contribution in [0.4, 0.5) is 11.5 Å². The number of hydrogen-bond acceptors (Lipinski definition) is 3. The minimum atomic E-state index is 0.848. The van der Waals surface area contributed by atoms with Crippen molar-refractivity contribution in [2.75, 3.05) is 5.32 Å². The molecule has 30 heavy (non-hydrogen) atoms. The van der Waals surface area contributed by atoms with Gasteiger partial charge in [0.25, 0.3) is 0 Å². The van der Waals surface area contributed by atoms with Crippen LogP contribution < -0.4 is 5.32 Å². The Kier molecular flexibility index (Phi) is 3.74. The van der Waals surface area contributed by atoms with E-state index < -0.39 is 0 Å². The molecule has 2 N–H and O–H groups in total. The summed E-state index contributed by atoms with van der Waals surface area (Å²) >= 11 is 0. The van der Waals surface area contributed by atoms with Crippen molar-refractivity contribution >= 4 is 44.1 Å². The molecule has 0 aliphatic rings. The number of aromatic amines is 1. The van der Waals surface area contributed by atoms with Crippen LogP contribution in [0.5, 0.6) is 0 Å². The first kappa shape index (κ1) is 16.7. The molecule has 0 bridgehead atoms. The predicted molar refractivity (Wildman–Crippen MR) is 124 cm³/mol. The Bertz CT molecular complexity index is 1530. The van der Waals surface area contributed by atoms with Gasteiger partial charge < -0.3 is 10.3 Å². The fraction of sp³-hybridized carbons (Fsp3) is 0. The molecule has 0 aliphatic heterocycles. The first-order valence-electron chi connectivity index (χ1n) is 9.92. The Morgan fingerprint density at radius 2 is 1.70 bits per heavy atom. The first-order chi connectivity index (χ1) is 14.8. The predicted octanol–water partition coefficient (Wildman–Crippen LogP) is 6.67. The van der Waals surface area contributed by atoms with Crippen LogP contribution in [0.3, 0.4) is 0 Å². The topological polar surface area (TPSA) is 53.6 Å². The number of nitrogens with zero attached hydrogens (tertiary/aromatic N) is 2. The van der Waals surface area contributed by atoms with E-state index in [1.165, 1.54) is 21.9 Å². The Balaban J connectivity index is 1.46. The standard InChI is InChI=1S/C26H18N4/c1-4-21(17-6-8-24-19(15-17)10-13-28-24)22-11-14-29-26(23(22)5-1)30-20-7-9-25-18(16-20)3-2-12-27-25/h1-16,28H,(H,29,30). The van der Waals surface area contributed by atoms with Gasteiger partial charge in [-0.3, -0.25) is 4.98 Å². The molecule has 0 atom stereocenters. The summed E-state index contributed by atoms with van der Waals surface area (Å²) < 4.78 is 0. The van der Waals surface area contributed by atoms with Crippen LogP contribution in [0.1, 0.15) is 0 Å². The van der Waals surface area contributed by atoms with Gasteiger partial charge in [0.15, 0.2) is 0 Å². The number of nitrogens with one attached hydrogen (secondary N) is 2. The molecule has 0 amide bonds. The summed E-state index contributed by atoms with van der Waals surface area (Å²) in [4.78, 5) is 12.3. The van der Waals surface area contributed by atoms with Gasteiger partial charge in [-0.1, -0.05) is 30.3 Å². The van der Waals surface area contributed by atoms with Crippen LogP contribution in [0.2, 0.25) is 0 Å². The van der Waals surface area contributed by atoms with Gasteiger partial charge >= 0.3 is 0 Å². The third kappa shape index (κ3) is 2.78. The number of pyridine rings is 2. The number of benzene rings is 3. The van der Waals surface area contributed by atoms with Crippen molar-refractivity contribution in [2.45, 2.75) is 0 Å². The highest BCUT2D eigenvalue weighted by molar-refractivity contribution is 6.03. The highest BCUT2D eigenvalue weighted by Gasteiger charge is 2.09. The molecule has 0 spiro atoms. The monoisotopic (exact) mass is 386 g/mol. The maximum absolute atomic E-state index is 4.63. The van der Waals surface area contributed by atoms with Gasteiger partial charge in [0.05, 0.1) is 5.52 Å². The van der Waals surface area contributed by atoms with Crippen LogP contribution in [0.25, 0.3) is 43.7 Å². The molecular weight excluding hydrogens is 368 g/mol. The maximum atomic E-state index is 4.63. The third-order valence-electron chi connectivity index (χ3n) is 5.54. The summed E-state index contributed by atoms with van der Waals surface area (Å²) in [5.74, 6) is 0.848. The number of hydrogen-bond donors (Lipinski definition) is 2. The molecule has 0 saturated heterocycles. The van der Waals surface area contributed by atoms with Crippen LogP contribution in [0, 0.1) is 0 Å². The van der Waals surface area contributed by atoms with Crippen molar-refractivity contribution in [2.24, 2.45) is 0 Å². The maximum Gasteiger partial charge on any atom is 0.138 e. The smallest absolute Gasteiger partial charge is 0.138 e. The van der Waals surface area contributed by atoms with E-state index in [-0.39, 0.29) is 0 Å². The quantitative estimate of drug-likeness (QED) is 0.357. The van der Waals surface area contributed by atoms with Gasteiger partial charge in [-0.05, 0) is 70.4 Å². The highest BCUT2D eigenvalue weighted by atomic mass is 15.0. The van der Waals surface area contributed by atoms with Crippen molar-refractivity contribution in [1.29, 1.82) is 0 Å². The van der Waals surface area contributed by atoms with Crippen molar-refractivity contribution in [3.8, 4) is 11.1 Å². The van der Waals surface area contributed by atoms with Gasteiger partial charge in [-0.25, -0.2) is 4.98 Å². The van der Waals surface area contributed by atoms with E-state index in [1.807, 2.05) is 36.8 Å². The number of aromatic nitrogens is 3. The van der Waals surface area contributed by atoms with Crippen LogP contribution in [-0.2, 0) is 0 Å². The summed E-state index contributed by atoms with van der Waals surface area (Å²) in [7, 11) is 0. The van der Waals surface area contributed by atoms with Crippen LogP contribution in [-0.4, -0.2) is 15.0 Å². The molecule has 4 heteroatoms. The minimum absolute atomic E-state index is 0.848. The van der Waals surface area contributed by atoms with Crippen molar-refractivity contribution < 1.29 is 0 Å². The Labute approximate surface area is 173 Å². The van der Waals surface area contributed by atoms with E-state index in [1.54, 1.807) is 0 Å². The molecule has 142 valence electrons. The highest BCUT2D eigenvalue weighted by Crippen LogP contribution is 2.34. The second-order valence-electron chi connectivity index (χ2n) is 7.38. The van der Waals surface area contributed by atoms with Gasteiger partial charge in [0.2, 0.25) is 0 Å². The lowest BCUT2D eigenvalue weighted by molar-refractivity contribution is 1.34. The first-order valence-corrected chi connectivity index (χ1v) is 9.92. The summed E-state index contributed by atoms with van der Waals surface area (Å²) in [5.41, 5.74) is 5.52. The zero-order chi connectivity index (χ0) is 19.9. The molecule has 3 aromatic heterocycles. The SMILES string of the molecule is c1cnc2ccc(Nc3nccc4c(-c5ccc6[nH]ccc6c5)cccc34)cc2c1. The lowest BCUT2D eigenvalue weighted by atomic mass is 9.98. The van der Waals surface area contributed by atoms with Crippen LogP contribution in [0.15, 0.2) is 97.5 Å². The second kappa shape index (κ2) is 6.71. The summed E-state index contributed by atoms with van der Waals surface area (Å²) in [6.45, 7) is 0. The zero-order valence-electron chi connectivity index (χ0n) is 16.1. The largest absolute Gasteiger partial charge is 0.361 e. The number of rotatable bonds is 3. The zero-order valence-corrected chi connectivity index (χ0v) is 16.1. The van der Waals surface area contributed by atoms with Crippen molar-refractivity contribution in [1.82, 2.24) is 15.0 Å². The van der Waals surface area contributed by atoms with Gasteiger partial charge in [0, 0.05) is 40.6 Å². The van der Waals surface area contributed by atoms with Gasteiger partial charge in [0.1, 0.15) is 5.82 Å². The summed E-state index contributed by atoms with van der Waals surface area (Å²) in [5, 5.41) is 8.08. The van der Waals surface area contributed by atoms with E-state index in [0.29, 0.717) is 0 Å². The lowest BCUT2D eigenvalue weighted by Gasteiger charge is -2.12. The second-order valence-corrected chi connectivity index (χ2v) is 7.38. The normalized spacial score (nSPS) is 11.3. The van der Waals surface area contributed by atoms with E-state index in [2.05, 4.69) is 80.9 Å². The van der Waals surface area contributed by atoms with Crippen molar-refractivity contribution in [3.63, 3.8) is 0 Å².